The molecule has 0 fully saturated rings. The Morgan fingerprint density at radius 1 is 1.11 bits per heavy atom. The molecule has 3 rings (SSSR count). The zero-order valence-corrected chi connectivity index (χ0v) is 16.3. The minimum absolute atomic E-state index is 0.0820. The molecule has 0 unspecified atom stereocenters. The lowest BCUT2D eigenvalue weighted by Gasteiger charge is -2.29. The summed E-state index contributed by atoms with van der Waals surface area (Å²) in [5.41, 5.74) is 3.66. The molecule has 27 heavy (non-hydrogen) atoms. The van der Waals surface area contributed by atoms with Crippen molar-refractivity contribution in [1.82, 2.24) is 15.5 Å². The van der Waals surface area contributed by atoms with Gasteiger partial charge in [-0.3, -0.25) is 9.79 Å². The number of nitrogens with zero attached hydrogens (tertiary/aromatic N) is 2. The molecule has 0 spiro atoms. The van der Waals surface area contributed by atoms with Gasteiger partial charge in [0, 0.05) is 31.7 Å². The number of benzene rings is 2. The van der Waals surface area contributed by atoms with Gasteiger partial charge in [0.2, 0.25) is 5.91 Å². The summed E-state index contributed by atoms with van der Waals surface area (Å²) in [5.74, 6) is 0.700. The highest BCUT2D eigenvalue weighted by molar-refractivity contribution is 6.31. The van der Waals surface area contributed by atoms with Crippen LogP contribution >= 0.6 is 11.6 Å². The van der Waals surface area contributed by atoms with Gasteiger partial charge in [-0.15, -0.1) is 0 Å². The van der Waals surface area contributed by atoms with E-state index in [1.165, 1.54) is 11.1 Å². The van der Waals surface area contributed by atoms with Crippen molar-refractivity contribution in [2.24, 2.45) is 4.99 Å². The SMILES string of the molecule is CN=C(NCCc1ccccc1Cl)NCC(=O)N1CCc2ccccc2C1. The normalized spacial score (nSPS) is 13.9. The van der Waals surface area contributed by atoms with Crippen LogP contribution in [0.2, 0.25) is 5.02 Å². The smallest absolute Gasteiger partial charge is 0.242 e. The standard InChI is InChI=1S/C21H25ClN4O/c1-23-21(24-12-10-17-7-4-5-9-19(17)22)25-14-20(27)26-13-11-16-6-2-3-8-18(16)15-26/h2-9H,10-15H2,1H3,(H2,23,24,25). The maximum Gasteiger partial charge on any atom is 0.242 e. The second-order valence-electron chi connectivity index (χ2n) is 6.53. The monoisotopic (exact) mass is 384 g/mol. The van der Waals surface area contributed by atoms with Crippen LogP contribution in [0, 0.1) is 0 Å². The van der Waals surface area contributed by atoms with Crippen LogP contribution in [0.15, 0.2) is 53.5 Å². The van der Waals surface area contributed by atoms with E-state index >= 15 is 0 Å². The minimum atomic E-state index is 0.0820. The molecule has 0 saturated carbocycles. The van der Waals surface area contributed by atoms with Gasteiger partial charge in [0.05, 0.1) is 6.54 Å². The predicted molar refractivity (Wildman–Crippen MR) is 110 cm³/mol. The number of fused-ring (bicyclic) bond motifs is 1. The third kappa shape index (κ3) is 5.23. The molecule has 5 nitrogen and oxygen atoms in total. The average molecular weight is 385 g/mol. The number of amides is 1. The van der Waals surface area contributed by atoms with E-state index in [-0.39, 0.29) is 12.5 Å². The molecule has 1 aliphatic heterocycles. The van der Waals surface area contributed by atoms with Gasteiger partial charge < -0.3 is 15.5 Å². The van der Waals surface area contributed by atoms with Crippen molar-refractivity contribution in [2.45, 2.75) is 19.4 Å². The molecule has 142 valence electrons. The fraction of sp³-hybridized carbons (Fsp3) is 0.333. The number of rotatable bonds is 5. The fourth-order valence-electron chi connectivity index (χ4n) is 3.22. The van der Waals surface area contributed by atoms with E-state index in [0.717, 1.165) is 30.0 Å². The average Bonchev–Trinajstić information content (AvgIpc) is 2.71. The molecule has 1 amide bonds. The first-order valence-corrected chi connectivity index (χ1v) is 9.57. The number of halogens is 1. The van der Waals surface area contributed by atoms with Gasteiger partial charge >= 0.3 is 0 Å². The summed E-state index contributed by atoms with van der Waals surface area (Å²) in [6, 6.07) is 16.1. The molecule has 0 aliphatic carbocycles. The molecular weight excluding hydrogens is 360 g/mol. The molecular formula is C21H25ClN4O. The Labute approximate surface area is 165 Å². The largest absolute Gasteiger partial charge is 0.356 e. The summed E-state index contributed by atoms with van der Waals surface area (Å²) in [5, 5.41) is 7.10. The lowest BCUT2D eigenvalue weighted by Crippen LogP contribution is -2.46. The Balaban J connectivity index is 1.44. The van der Waals surface area contributed by atoms with Gasteiger partial charge in [-0.25, -0.2) is 0 Å². The van der Waals surface area contributed by atoms with E-state index in [1.54, 1.807) is 7.05 Å². The quantitative estimate of drug-likeness (QED) is 0.615. The number of guanidine groups is 1. The van der Waals surface area contributed by atoms with Gasteiger partial charge in [-0.1, -0.05) is 54.1 Å². The van der Waals surface area contributed by atoms with Crippen molar-refractivity contribution >= 4 is 23.5 Å². The Hall–Kier alpha value is -2.53. The van der Waals surface area contributed by atoms with Crippen LogP contribution in [0.25, 0.3) is 0 Å². The Kier molecular flexibility index (Phi) is 6.71. The molecule has 2 aromatic rings. The number of hydrogen-bond donors (Lipinski definition) is 2. The molecule has 0 aromatic heterocycles. The molecule has 2 aromatic carbocycles. The topological polar surface area (TPSA) is 56.7 Å². The van der Waals surface area contributed by atoms with E-state index in [9.17, 15) is 4.79 Å². The maximum absolute atomic E-state index is 12.5. The van der Waals surface area contributed by atoms with Crippen LogP contribution in [0.4, 0.5) is 0 Å². The molecule has 0 saturated heterocycles. The van der Waals surface area contributed by atoms with Crippen LogP contribution < -0.4 is 10.6 Å². The highest BCUT2D eigenvalue weighted by atomic mass is 35.5. The van der Waals surface area contributed by atoms with Crippen LogP contribution in [0.5, 0.6) is 0 Å². The molecule has 0 bridgehead atoms. The summed E-state index contributed by atoms with van der Waals surface area (Å²) in [7, 11) is 1.70. The van der Waals surface area contributed by atoms with E-state index in [4.69, 9.17) is 11.6 Å². The third-order valence-electron chi connectivity index (χ3n) is 4.76. The van der Waals surface area contributed by atoms with Crippen molar-refractivity contribution in [2.75, 3.05) is 26.7 Å². The van der Waals surface area contributed by atoms with Crippen molar-refractivity contribution < 1.29 is 4.79 Å². The van der Waals surface area contributed by atoms with Gasteiger partial charge in [0.15, 0.2) is 5.96 Å². The fourth-order valence-corrected chi connectivity index (χ4v) is 3.45. The van der Waals surface area contributed by atoms with E-state index < -0.39 is 0 Å². The Morgan fingerprint density at radius 3 is 2.63 bits per heavy atom. The summed E-state index contributed by atoms with van der Waals surface area (Å²) in [4.78, 5) is 18.6. The van der Waals surface area contributed by atoms with E-state index in [1.807, 2.05) is 35.2 Å². The maximum atomic E-state index is 12.5. The highest BCUT2D eigenvalue weighted by Gasteiger charge is 2.20. The van der Waals surface area contributed by atoms with Crippen molar-refractivity contribution in [1.29, 1.82) is 0 Å². The van der Waals surface area contributed by atoms with E-state index in [2.05, 4.69) is 33.8 Å². The third-order valence-corrected chi connectivity index (χ3v) is 5.13. The second kappa shape index (κ2) is 9.42. The van der Waals surface area contributed by atoms with Gasteiger partial charge in [-0.2, -0.15) is 0 Å². The number of carbonyl (C=O) groups is 1. The second-order valence-corrected chi connectivity index (χ2v) is 6.94. The predicted octanol–water partition coefficient (Wildman–Crippen LogP) is 2.63. The van der Waals surface area contributed by atoms with Gasteiger partial charge in [-0.05, 0) is 35.6 Å². The molecule has 0 radical (unpaired) electrons. The van der Waals surface area contributed by atoms with Crippen LogP contribution in [0.3, 0.4) is 0 Å². The molecule has 0 atom stereocenters. The molecule has 2 N–H and O–H groups in total. The van der Waals surface area contributed by atoms with Crippen LogP contribution in [-0.2, 0) is 24.2 Å². The lowest BCUT2D eigenvalue weighted by atomic mass is 10.00. The zero-order chi connectivity index (χ0) is 19.1. The van der Waals surface area contributed by atoms with E-state index in [0.29, 0.717) is 19.0 Å². The zero-order valence-electron chi connectivity index (χ0n) is 15.5. The first kappa shape index (κ1) is 19.2. The summed E-state index contributed by atoms with van der Waals surface area (Å²) in [6.45, 7) is 2.36. The van der Waals surface area contributed by atoms with Crippen molar-refractivity contribution in [3.05, 3.63) is 70.2 Å². The Bertz CT molecular complexity index is 821. The number of carbonyl (C=O) groups excluding carboxylic acids is 1. The number of aliphatic imine (C=N–C) groups is 1. The van der Waals surface area contributed by atoms with Crippen molar-refractivity contribution in [3.8, 4) is 0 Å². The first-order chi connectivity index (χ1) is 13.2. The van der Waals surface area contributed by atoms with Crippen LogP contribution in [-0.4, -0.2) is 43.4 Å². The summed E-state index contributed by atoms with van der Waals surface area (Å²) in [6.07, 6.45) is 1.70. The van der Waals surface area contributed by atoms with Gasteiger partial charge in [0.1, 0.15) is 0 Å². The lowest BCUT2D eigenvalue weighted by molar-refractivity contribution is -0.130. The summed E-state index contributed by atoms with van der Waals surface area (Å²) >= 11 is 6.17. The van der Waals surface area contributed by atoms with Crippen LogP contribution in [0.1, 0.15) is 16.7 Å². The highest BCUT2D eigenvalue weighted by Crippen LogP contribution is 2.18. The number of hydrogen-bond acceptors (Lipinski definition) is 2. The molecule has 1 heterocycles. The van der Waals surface area contributed by atoms with Crippen molar-refractivity contribution in [3.63, 3.8) is 0 Å². The molecule has 6 heteroatoms. The van der Waals surface area contributed by atoms with Gasteiger partial charge in [0.25, 0.3) is 0 Å². The summed E-state index contributed by atoms with van der Waals surface area (Å²) < 4.78 is 0. The Morgan fingerprint density at radius 2 is 1.85 bits per heavy atom. The first-order valence-electron chi connectivity index (χ1n) is 9.20. The minimum Gasteiger partial charge on any atom is -0.356 e. The number of nitrogens with one attached hydrogen (secondary N) is 2. The molecule has 1 aliphatic rings.